The molecule has 8 nitrogen and oxygen atoms in total. The number of phenolic OH excluding ortho intramolecular Hbond substituents is 1. The Labute approximate surface area is 166 Å². The molecule has 0 saturated carbocycles. The van der Waals surface area contributed by atoms with Gasteiger partial charge in [0.25, 0.3) is 17.2 Å². The largest absolute Gasteiger partial charge is 0.506 e. The van der Waals surface area contributed by atoms with Gasteiger partial charge in [-0.1, -0.05) is 25.5 Å². The summed E-state index contributed by atoms with van der Waals surface area (Å²) in [4.78, 5) is 37.4. The highest BCUT2D eigenvalue weighted by molar-refractivity contribution is 6.09. The Kier molecular flexibility index (Phi) is 5.63. The van der Waals surface area contributed by atoms with Crippen molar-refractivity contribution in [2.24, 2.45) is 0 Å². The van der Waals surface area contributed by atoms with Crippen molar-refractivity contribution in [2.45, 2.75) is 26.3 Å². The smallest absolute Gasteiger partial charge is 0.267 e. The Morgan fingerprint density at radius 2 is 1.90 bits per heavy atom. The summed E-state index contributed by atoms with van der Waals surface area (Å²) in [5.41, 5.74) is -0.329. The molecule has 0 aliphatic carbocycles. The van der Waals surface area contributed by atoms with Gasteiger partial charge in [-0.3, -0.25) is 9.59 Å². The lowest BCUT2D eigenvalue weighted by molar-refractivity contribution is -0.428. The molecule has 1 amide bonds. The molecule has 3 N–H and O–H groups in total. The number of benzene rings is 2. The summed E-state index contributed by atoms with van der Waals surface area (Å²) in [5, 5.41) is 23.5. The Balaban J connectivity index is 2.12. The fourth-order valence-electron chi connectivity index (χ4n) is 3.14. The van der Waals surface area contributed by atoms with Crippen LogP contribution in [0.1, 0.15) is 30.1 Å². The molecule has 8 heteroatoms. The minimum atomic E-state index is -0.871. The minimum Gasteiger partial charge on any atom is -0.506 e. The zero-order valence-corrected chi connectivity index (χ0v) is 16.2. The van der Waals surface area contributed by atoms with Crippen molar-refractivity contribution in [1.29, 1.82) is 0 Å². The summed E-state index contributed by atoms with van der Waals surface area (Å²) in [7, 11) is 1.28. The van der Waals surface area contributed by atoms with Crippen LogP contribution in [0.5, 0.6) is 11.5 Å². The van der Waals surface area contributed by atoms with Gasteiger partial charge in [-0.05, 0) is 24.6 Å². The van der Waals surface area contributed by atoms with Crippen LogP contribution in [-0.2, 0) is 6.54 Å². The number of aromatic hydroxyl groups is 2. The number of aromatic nitrogens is 1. The number of nitrogens with one attached hydrogen (secondary N) is 1. The van der Waals surface area contributed by atoms with Crippen LogP contribution in [-0.4, -0.2) is 32.5 Å². The van der Waals surface area contributed by atoms with Crippen molar-refractivity contribution in [1.82, 2.24) is 4.57 Å². The number of para-hydroxylation sites is 1. The van der Waals surface area contributed by atoms with Gasteiger partial charge in [0.15, 0.2) is 7.05 Å². The number of hydrogen-bond donors (Lipinski definition) is 3. The number of pyridine rings is 1. The van der Waals surface area contributed by atoms with E-state index in [-0.39, 0.29) is 17.1 Å². The molecular formula is C21H22N3O5+. The summed E-state index contributed by atoms with van der Waals surface area (Å²) >= 11 is 0. The van der Waals surface area contributed by atoms with Gasteiger partial charge < -0.3 is 20.1 Å². The number of nitrogens with zero attached hydrogens (tertiary/aromatic N) is 2. The third kappa shape index (κ3) is 3.82. The van der Waals surface area contributed by atoms with Crippen molar-refractivity contribution < 1.29 is 19.8 Å². The highest BCUT2D eigenvalue weighted by Gasteiger charge is 2.23. The normalized spacial score (nSPS) is 10.8. The molecule has 0 atom stereocenters. The van der Waals surface area contributed by atoms with Gasteiger partial charge in [0.2, 0.25) is 0 Å². The van der Waals surface area contributed by atoms with E-state index in [2.05, 4.69) is 5.32 Å². The second-order valence-corrected chi connectivity index (χ2v) is 6.70. The predicted molar refractivity (Wildman–Crippen MR) is 110 cm³/mol. The molecule has 0 aliphatic heterocycles. The average molecular weight is 396 g/mol. The number of carbonyl (C=O) groups excluding carboxylic acids is 1. The number of carbonyl (C=O) groups is 1. The van der Waals surface area contributed by atoms with E-state index < -0.39 is 22.8 Å². The molecule has 0 aliphatic rings. The van der Waals surface area contributed by atoms with E-state index in [1.807, 2.05) is 6.92 Å². The van der Waals surface area contributed by atoms with Gasteiger partial charge in [-0.2, -0.15) is 0 Å². The van der Waals surface area contributed by atoms with Gasteiger partial charge in [-0.15, -0.1) is 0 Å². The molecule has 3 aromatic rings. The van der Waals surface area contributed by atoms with E-state index in [9.17, 15) is 24.7 Å². The van der Waals surface area contributed by atoms with Crippen LogP contribution >= 0.6 is 0 Å². The van der Waals surface area contributed by atoms with E-state index in [4.69, 9.17) is 0 Å². The molecule has 29 heavy (non-hydrogen) atoms. The third-order valence-electron chi connectivity index (χ3n) is 4.70. The fraction of sp³-hybridized carbons (Fsp3) is 0.238. The third-order valence-corrected chi connectivity index (χ3v) is 4.70. The van der Waals surface area contributed by atoms with Crippen LogP contribution in [0, 0.1) is 4.91 Å². The number of hydrogen-bond acceptors (Lipinski definition) is 5. The molecule has 0 fully saturated rings. The summed E-state index contributed by atoms with van der Waals surface area (Å²) in [6.07, 6.45) is 1.58. The molecule has 2 aromatic carbocycles. The molecular weight excluding hydrogens is 374 g/mol. The first-order chi connectivity index (χ1) is 13.8. The SMILES string of the molecule is CCCCn1c(=O)c(C(=O)Nc2cc([N+](C)=O)ccc2O)c(O)c2ccccc21. The van der Waals surface area contributed by atoms with Crippen molar-refractivity contribution >= 4 is 28.2 Å². The molecule has 1 heterocycles. The average Bonchev–Trinajstić information content (AvgIpc) is 2.69. The Hall–Kier alpha value is -3.68. The maximum absolute atomic E-state index is 13.0. The Morgan fingerprint density at radius 1 is 1.17 bits per heavy atom. The predicted octanol–water partition coefficient (Wildman–Crippen LogP) is 3.51. The number of fused-ring (bicyclic) bond motifs is 1. The molecule has 0 bridgehead atoms. The maximum atomic E-state index is 13.0. The van der Waals surface area contributed by atoms with E-state index in [1.165, 1.54) is 29.8 Å². The van der Waals surface area contributed by atoms with Gasteiger partial charge >= 0.3 is 0 Å². The van der Waals surface area contributed by atoms with Crippen molar-refractivity contribution in [2.75, 3.05) is 12.4 Å². The lowest BCUT2D eigenvalue weighted by atomic mass is 10.1. The molecule has 0 spiro atoms. The molecule has 150 valence electrons. The fourth-order valence-corrected chi connectivity index (χ4v) is 3.14. The second-order valence-electron chi connectivity index (χ2n) is 6.70. The number of aryl methyl sites for hydroxylation is 1. The van der Waals surface area contributed by atoms with Crippen LogP contribution in [0.25, 0.3) is 10.9 Å². The number of rotatable bonds is 6. The van der Waals surface area contributed by atoms with Gasteiger partial charge in [0, 0.05) is 33.7 Å². The lowest BCUT2D eigenvalue weighted by Gasteiger charge is -2.15. The summed E-state index contributed by atoms with van der Waals surface area (Å²) in [6, 6.07) is 10.8. The van der Waals surface area contributed by atoms with Crippen molar-refractivity contribution in [3.05, 3.63) is 63.3 Å². The molecule has 0 saturated heterocycles. The maximum Gasteiger partial charge on any atom is 0.267 e. The second kappa shape index (κ2) is 8.14. The van der Waals surface area contributed by atoms with Crippen LogP contribution in [0.3, 0.4) is 0 Å². The number of phenols is 1. The van der Waals surface area contributed by atoms with Gasteiger partial charge in [0.1, 0.15) is 17.1 Å². The van der Waals surface area contributed by atoms with Crippen LogP contribution in [0.2, 0.25) is 0 Å². The Bertz CT molecular complexity index is 1170. The number of anilines is 1. The van der Waals surface area contributed by atoms with Crippen molar-refractivity contribution in [3.8, 4) is 11.5 Å². The first-order valence-corrected chi connectivity index (χ1v) is 9.24. The first kappa shape index (κ1) is 20.1. The first-order valence-electron chi connectivity index (χ1n) is 9.24. The lowest BCUT2D eigenvalue weighted by Crippen LogP contribution is -2.30. The monoisotopic (exact) mass is 396 g/mol. The topological polar surface area (TPSA) is 112 Å². The van der Waals surface area contributed by atoms with E-state index in [0.29, 0.717) is 22.2 Å². The van der Waals surface area contributed by atoms with E-state index in [0.717, 1.165) is 12.8 Å². The highest BCUT2D eigenvalue weighted by atomic mass is 16.3. The summed E-state index contributed by atoms with van der Waals surface area (Å²) < 4.78 is 2.04. The molecule has 1 aromatic heterocycles. The highest BCUT2D eigenvalue weighted by Crippen LogP contribution is 2.30. The number of amides is 1. The van der Waals surface area contributed by atoms with Crippen molar-refractivity contribution in [3.63, 3.8) is 0 Å². The summed E-state index contributed by atoms with van der Waals surface area (Å²) in [5.74, 6) is -1.56. The summed E-state index contributed by atoms with van der Waals surface area (Å²) in [6.45, 7) is 2.39. The van der Waals surface area contributed by atoms with Gasteiger partial charge in [-0.25, -0.2) is 0 Å². The minimum absolute atomic E-state index is 0.0396. The number of nitroso groups, excluding NO2 is 1. The molecule has 3 rings (SSSR count). The molecule has 0 unspecified atom stereocenters. The van der Waals surface area contributed by atoms with E-state index in [1.54, 1.807) is 24.3 Å². The number of unbranched alkanes of at least 4 members (excludes halogenated alkanes) is 1. The van der Waals surface area contributed by atoms with Crippen LogP contribution < -0.4 is 10.9 Å². The quantitative estimate of drug-likeness (QED) is 0.436. The van der Waals surface area contributed by atoms with Crippen LogP contribution in [0.15, 0.2) is 47.3 Å². The molecule has 0 radical (unpaired) electrons. The van der Waals surface area contributed by atoms with Crippen LogP contribution in [0.4, 0.5) is 11.4 Å². The standard InChI is InChI=1S/C21H21N3O5/c1-3-4-11-24-16-8-6-5-7-14(16)19(26)18(21(24)28)20(27)22-15-12-13(23(2)29)9-10-17(15)25/h5-10,12H,3-4,11H2,1-2H3,(H2-,22,25,26,27,28,29)/p+1. The zero-order valence-electron chi connectivity index (χ0n) is 16.2. The van der Waals surface area contributed by atoms with Gasteiger partial charge in [0.05, 0.1) is 11.2 Å². The zero-order chi connectivity index (χ0) is 21.1. The Morgan fingerprint density at radius 3 is 2.59 bits per heavy atom. The van der Waals surface area contributed by atoms with E-state index >= 15 is 0 Å².